The van der Waals surface area contributed by atoms with Gasteiger partial charge in [-0.25, -0.2) is 19.9 Å². The van der Waals surface area contributed by atoms with Crippen molar-refractivity contribution in [3.05, 3.63) is 60.9 Å². The fraction of sp³-hybridized carbons (Fsp3) is 0.235. The summed E-state index contributed by atoms with van der Waals surface area (Å²) in [5.41, 5.74) is 1.04. The van der Waals surface area contributed by atoms with Gasteiger partial charge in [0.2, 0.25) is 5.95 Å². The summed E-state index contributed by atoms with van der Waals surface area (Å²) >= 11 is 0. The average molecular weight is 319 g/mol. The second-order valence-corrected chi connectivity index (χ2v) is 5.64. The Hall–Kier alpha value is -3.09. The van der Waals surface area contributed by atoms with Crippen LogP contribution >= 0.6 is 0 Å². The molecule has 120 valence electrons. The summed E-state index contributed by atoms with van der Waals surface area (Å²) in [6.45, 7) is 1.84. The summed E-state index contributed by atoms with van der Waals surface area (Å²) in [5, 5.41) is 3.14. The summed E-state index contributed by atoms with van der Waals surface area (Å²) in [6, 6.07) is 7.67. The van der Waals surface area contributed by atoms with Crippen LogP contribution in [0.4, 0.5) is 17.6 Å². The van der Waals surface area contributed by atoms with Gasteiger partial charge in [-0.15, -0.1) is 0 Å². The van der Waals surface area contributed by atoms with Gasteiger partial charge in [0.25, 0.3) is 0 Å². The Morgan fingerprint density at radius 1 is 1.00 bits per heavy atom. The lowest BCUT2D eigenvalue weighted by Crippen LogP contribution is -2.20. The lowest BCUT2D eigenvalue weighted by Gasteiger charge is -2.16. The number of aromatic nitrogens is 5. The minimum absolute atomic E-state index is 0.360. The van der Waals surface area contributed by atoms with E-state index in [-0.39, 0.29) is 0 Å². The number of rotatable bonds is 4. The minimum Gasteiger partial charge on any atom is -0.355 e. The van der Waals surface area contributed by atoms with Crippen molar-refractivity contribution in [3.8, 4) is 0 Å². The van der Waals surface area contributed by atoms with E-state index in [2.05, 4.69) is 35.1 Å². The predicted octanol–water partition coefficient (Wildman–Crippen LogP) is 2.40. The summed E-state index contributed by atoms with van der Waals surface area (Å²) in [4.78, 5) is 23.9. The summed E-state index contributed by atoms with van der Waals surface area (Å²) in [7, 11) is 0. The molecule has 7 nitrogen and oxygen atoms in total. The van der Waals surface area contributed by atoms with Gasteiger partial charge >= 0.3 is 0 Å². The molecule has 0 bridgehead atoms. The largest absolute Gasteiger partial charge is 0.355 e. The third-order valence-corrected chi connectivity index (χ3v) is 4.06. The van der Waals surface area contributed by atoms with Crippen molar-refractivity contribution in [1.82, 2.24) is 24.9 Å². The Morgan fingerprint density at radius 3 is 2.83 bits per heavy atom. The van der Waals surface area contributed by atoms with E-state index in [1.807, 2.05) is 24.3 Å². The first-order valence-electron chi connectivity index (χ1n) is 7.90. The van der Waals surface area contributed by atoms with E-state index >= 15 is 0 Å². The van der Waals surface area contributed by atoms with Crippen molar-refractivity contribution >= 4 is 17.6 Å². The maximum atomic E-state index is 4.65. The summed E-state index contributed by atoms with van der Waals surface area (Å²) in [5.74, 6) is 2.59. The Labute approximate surface area is 139 Å². The molecule has 1 atom stereocenters. The van der Waals surface area contributed by atoms with Crippen LogP contribution in [0.2, 0.25) is 0 Å². The molecule has 0 aromatic carbocycles. The molecule has 7 heteroatoms. The minimum atomic E-state index is 0.360. The predicted molar refractivity (Wildman–Crippen MR) is 91.2 cm³/mol. The molecule has 0 spiro atoms. The Kier molecular flexibility index (Phi) is 3.97. The smallest absolute Gasteiger partial charge is 0.228 e. The van der Waals surface area contributed by atoms with Gasteiger partial charge < -0.3 is 10.2 Å². The number of nitrogens with zero attached hydrogens (tertiary/aromatic N) is 6. The van der Waals surface area contributed by atoms with Crippen LogP contribution < -0.4 is 10.2 Å². The van der Waals surface area contributed by atoms with Crippen LogP contribution in [0.3, 0.4) is 0 Å². The van der Waals surface area contributed by atoms with Gasteiger partial charge in [-0.2, -0.15) is 0 Å². The molecule has 1 N–H and O–H groups in total. The molecule has 0 radical (unpaired) electrons. The first-order valence-corrected chi connectivity index (χ1v) is 7.90. The zero-order valence-electron chi connectivity index (χ0n) is 13.1. The average Bonchev–Trinajstić information content (AvgIpc) is 3.14. The monoisotopic (exact) mass is 319 g/mol. The molecule has 4 heterocycles. The van der Waals surface area contributed by atoms with Gasteiger partial charge in [0, 0.05) is 43.8 Å². The van der Waals surface area contributed by atoms with Gasteiger partial charge in [-0.05, 0) is 24.6 Å². The number of anilines is 3. The number of hydrogen-bond acceptors (Lipinski definition) is 7. The molecule has 1 fully saturated rings. The Morgan fingerprint density at radius 2 is 2.00 bits per heavy atom. The Bertz CT molecular complexity index is 794. The molecule has 24 heavy (non-hydrogen) atoms. The van der Waals surface area contributed by atoms with Crippen molar-refractivity contribution in [2.24, 2.45) is 0 Å². The van der Waals surface area contributed by atoms with E-state index in [1.165, 1.54) is 0 Å². The van der Waals surface area contributed by atoms with Gasteiger partial charge in [0.15, 0.2) is 0 Å². The molecule has 1 unspecified atom stereocenters. The molecule has 1 aliphatic rings. The number of nitrogens with one attached hydrogen (secondary N) is 1. The van der Waals surface area contributed by atoms with Crippen LogP contribution in [0, 0.1) is 0 Å². The quantitative estimate of drug-likeness (QED) is 0.791. The molecule has 1 saturated heterocycles. The highest BCUT2D eigenvalue weighted by Gasteiger charge is 2.26. The fourth-order valence-electron chi connectivity index (χ4n) is 2.88. The lowest BCUT2D eigenvalue weighted by molar-refractivity contribution is 0.740. The van der Waals surface area contributed by atoms with E-state index in [9.17, 15) is 0 Å². The Balaban J connectivity index is 1.48. The second kappa shape index (κ2) is 6.57. The molecule has 3 aromatic heterocycles. The normalized spacial score (nSPS) is 17.0. The molecule has 0 saturated carbocycles. The zero-order chi connectivity index (χ0) is 16.2. The van der Waals surface area contributed by atoms with Gasteiger partial charge in [0.05, 0.1) is 11.9 Å². The van der Waals surface area contributed by atoms with Crippen molar-refractivity contribution in [2.45, 2.75) is 12.3 Å². The maximum Gasteiger partial charge on any atom is 0.228 e. The first kappa shape index (κ1) is 14.5. The van der Waals surface area contributed by atoms with Gasteiger partial charge in [0.1, 0.15) is 11.6 Å². The third-order valence-electron chi connectivity index (χ3n) is 4.06. The molecular formula is C17H17N7. The molecule has 4 rings (SSSR count). The van der Waals surface area contributed by atoms with Crippen LogP contribution in [0.1, 0.15) is 18.0 Å². The highest BCUT2D eigenvalue weighted by Crippen LogP contribution is 2.28. The van der Waals surface area contributed by atoms with Gasteiger partial charge in [-0.3, -0.25) is 4.98 Å². The molecular weight excluding hydrogens is 302 g/mol. The van der Waals surface area contributed by atoms with Crippen LogP contribution in [0.5, 0.6) is 0 Å². The molecule has 1 aliphatic heterocycles. The zero-order valence-corrected chi connectivity index (χ0v) is 13.1. The van der Waals surface area contributed by atoms with Crippen LogP contribution in [-0.2, 0) is 0 Å². The fourth-order valence-corrected chi connectivity index (χ4v) is 2.88. The highest BCUT2D eigenvalue weighted by atomic mass is 15.2. The van der Waals surface area contributed by atoms with Crippen molar-refractivity contribution in [1.29, 1.82) is 0 Å². The SMILES string of the molecule is c1ccc(Nc2nccc(C3CCN(c4cnccn4)C3)n2)nc1. The van der Waals surface area contributed by atoms with E-state index in [0.717, 1.165) is 36.8 Å². The summed E-state index contributed by atoms with van der Waals surface area (Å²) < 4.78 is 0. The first-order chi connectivity index (χ1) is 11.9. The van der Waals surface area contributed by atoms with Crippen molar-refractivity contribution in [2.75, 3.05) is 23.3 Å². The van der Waals surface area contributed by atoms with Crippen LogP contribution in [0.25, 0.3) is 0 Å². The lowest BCUT2D eigenvalue weighted by atomic mass is 10.1. The standard InChI is InChI=1S/C17H17N7/c1-2-6-19-15(3-1)23-17-21-7-4-14(22-17)13-5-10-24(12-13)16-11-18-8-9-20-16/h1-4,6-9,11,13H,5,10,12H2,(H,19,21,22,23). The second-order valence-electron chi connectivity index (χ2n) is 5.64. The van der Waals surface area contributed by atoms with E-state index < -0.39 is 0 Å². The van der Waals surface area contributed by atoms with Crippen molar-refractivity contribution < 1.29 is 0 Å². The van der Waals surface area contributed by atoms with E-state index in [0.29, 0.717) is 11.9 Å². The molecule has 0 aliphatic carbocycles. The summed E-state index contributed by atoms with van der Waals surface area (Å²) in [6.07, 6.45) is 9.78. The van der Waals surface area contributed by atoms with E-state index in [4.69, 9.17) is 0 Å². The molecule has 0 amide bonds. The topological polar surface area (TPSA) is 79.7 Å². The van der Waals surface area contributed by atoms with Crippen LogP contribution in [-0.4, -0.2) is 38.0 Å². The van der Waals surface area contributed by atoms with E-state index in [1.54, 1.807) is 31.0 Å². The number of hydrogen-bond donors (Lipinski definition) is 1. The van der Waals surface area contributed by atoms with Gasteiger partial charge in [-0.1, -0.05) is 6.07 Å². The van der Waals surface area contributed by atoms with Crippen molar-refractivity contribution in [3.63, 3.8) is 0 Å². The third kappa shape index (κ3) is 3.15. The highest BCUT2D eigenvalue weighted by molar-refractivity contribution is 5.47. The molecule has 3 aromatic rings. The maximum absolute atomic E-state index is 4.65. The van der Waals surface area contributed by atoms with Crippen LogP contribution in [0.15, 0.2) is 55.2 Å². The number of pyridine rings is 1.